The van der Waals surface area contributed by atoms with Crippen molar-refractivity contribution in [2.45, 2.75) is 32.2 Å². The summed E-state index contributed by atoms with van der Waals surface area (Å²) in [6, 6.07) is 0. The van der Waals surface area contributed by atoms with E-state index in [-0.39, 0.29) is 6.10 Å². The van der Waals surface area contributed by atoms with Gasteiger partial charge in [-0.2, -0.15) is 0 Å². The van der Waals surface area contributed by atoms with E-state index in [1.165, 1.54) is 20.1 Å². The molecule has 0 aromatic carbocycles. The molecule has 0 rings (SSSR count). The van der Waals surface area contributed by atoms with E-state index in [0.717, 1.165) is 0 Å². The largest absolute Gasteiger partial charge is 0.411 e. The van der Waals surface area contributed by atoms with Gasteiger partial charge in [0.1, 0.15) is 0 Å². The molecule has 0 bridgehead atoms. The molecule has 12 heavy (non-hydrogen) atoms. The van der Waals surface area contributed by atoms with E-state index in [2.05, 4.69) is 11.7 Å². The van der Waals surface area contributed by atoms with Crippen LogP contribution < -0.4 is 0 Å². The number of aliphatic hydroxyl groups is 1. The molecule has 0 fully saturated rings. The zero-order chi connectivity index (χ0) is 9.61. The van der Waals surface area contributed by atoms with Crippen LogP contribution in [0.5, 0.6) is 0 Å². The van der Waals surface area contributed by atoms with Crippen molar-refractivity contribution in [3.63, 3.8) is 0 Å². The fraction of sp³-hybridized carbons (Fsp3) is 0.625. The lowest BCUT2D eigenvalue weighted by atomic mass is 10.2. The van der Waals surface area contributed by atoms with Gasteiger partial charge in [0.05, 0.1) is 6.10 Å². The van der Waals surface area contributed by atoms with Gasteiger partial charge < -0.3 is 15.1 Å². The molecule has 0 radical (unpaired) electrons. The average Bonchev–Trinajstić information content (AvgIpc) is 1.95. The summed E-state index contributed by atoms with van der Waals surface area (Å²) in [6.45, 7) is 6.57. The second-order valence-corrected chi connectivity index (χ2v) is 2.87. The lowest BCUT2D eigenvalue weighted by molar-refractivity contribution is -0.192. The molecule has 2 N–H and O–H groups in total. The van der Waals surface area contributed by atoms with Crippen molar-refractivity contribution >= 4 is 6.21 Å². The highest BCUT2D eigenvalue weighted by molar-refractivity contribution is 5.57. The van der Waals surface area contributed by atoms with Gasteiger partial charge in [0.15, 0.2) is 5.79 Å². The van der Waals surface area contributed by atoms with Gasteiger partial charge in [0, 0.05) is 12.6 Å². The van der Waals surface area contributed by atoms with Gasteiger partial charge in [-0.15, -0.1) is 11.7 Å². The van der Waals surface area contributed by atoms with Gasteiger partial charge in [0.25, 0.3) is 0 Å². The van der Waals surface area contributed by atoms with E-state index in [1.807, 2.05) is 0 Å². The van der Waals surface area contributed by atoms with Crippen LogP contribution in [0.4, 0.5) is 0 Å². The van der Waals surface area contributed by atoms with E-state index in [1.54, 1.807) is 6.08 Å². The summed E-state index contributed by atoms with van der Waals surface area (Å²) in [4.78, 5) is 0. The Kier molecular flexibility index (Phi) is 4.54. The first-order chi connectivity index (χ1) is 5.49. The monoisotopic (exact) mass is 173 g/mol. The highest BCUT2D eigenvalue weighted by Crippen LogP contribution is 2.10. The minimum absolute atomic E-state index is 0.333. The van der Waals surface area contributed by atoms with Crippen molar-refractivity contribution in [3.05, 3.63) is 12.7 Å². The summed E-state index contributed by atoms with van der Waals surface area (Å²) < 4.78 is 5.12. The van der Waals surface area contributed by atoms with Crippen LogP contribution in [0.3, 0.4) is 0 Å². The molecular weight excluding hydrogens is 158 g/mol. The number of oxime groups is 1. The van der Waals surface area contributed by atoms with Crippen LogP contribution in [0.25, 0.3) is 0 Å². The first kappa shape index (κ1) is 11.1. The standard InChI is InChI=1S/C8H15NO3/c1-4-7(5-6-9-11)12-8(2,3)10/h4,6-7,10-11H,1,5H2,2-3H3/b9-6+. The third kappa shape index (κ3) is 5.88. The predicted octanol–water partition coefficient (Wildman–Crippen LogP) is 1.14. The molecule has 0 spiro atoms. The highest BCUT2D eigenvalue weighted by Gasteiger charge is 2.17. The highest BCUT2D eigenvalue weighted by atomic mass is 16.6. The molecule has 0 aliphatic carbocycles. The van der Waals surface area contributed by atoms with Crippen molar-refractivity contribution in [1.82, 2.24) is 0 Å². The van der Waals surface area contributed by atoms with Crippen LogP contribution in [-0.4, -0.2) is 28.4 Å². The van der Waals surface area contributed by atoms with Crippen molar-refractivity contribution < 1.29 is 15.1 Å². The van der Waals surface area contributed by atoms with E-state index in [9.17, 15) is 5.11 Å². The summed E-state index contributed by atoms with van der Waals surface area (Å²) >= 11 is 0. The Bertz CT molecular complexity index is 160. The smallest absolute Gasteiger partial charge is 0.160 e. The van der Waals surface area contributed by atoms with E-state index < -0.39 is 5.79 Å². The van der Waals surface area contributed by atoms with Crippen molar-refractivity contribution in [2.24, 2.45) is 5.16 Å². The fourth-order valence-electron chi connectivity index (χ4n) is 0.714. The summed E-state index contributed by atoms with van der Waals surface area (Å²) in [7, 11) is 0. The molecule has 0 saturated heterocycles. The van der Waals surface area contributed by atoms with Crippen LogP contribution in [-0.2, 0) is 4.74 Å². The topological polar surface area (TPSA) is 62.1 Å². The predicted molar refractivity (Wildman–Crippen MR) is 46.3 cm³/mol. The van der Waals surface area contributed by atoms with Crippen LogP contribution in [0, 0.1) is 0 Å². The second kappa shape index (κ2) is 4.90. The summed E-state index contributed by atoms with van der Waals surface area (Å²) in [5.74, 6) is -1.19. The molecule has 0 aromatic rings. The van der Waals surface area contributed by atoms with Crippen LogP contribution >= 0.6 is 0 Å². The zero-order valence-electron chi connectivity index (χ0n) is 7.40. The second-order valence-electron chi connectivity index (χ2n) is 2.87. The first-order valence-electron chi connectivity index (χ1n) is 3.68. The quantitative estimate of drug-likeness (QED) is 0.215. The van der Waals surface area contributed by atoms with Crippen molar-refractivity contribution in [1.29, 1.82) is 0 Å². The lowest BCUT2D eigenvalue weighted by Gasteiger charge is -2.22. The summed E-state index contributed by atoms with van der Waals surface area (Å²) in [5, 5.41) is 20.2. The molecule has 0 aliphatic heterocycles. The Labute approximate surface area is 72.2 Å². The molecule has 1 atom stereocenters. The SMILES string of the molecule is C=CC(C/C=N/O)OC(C)(C)O. The summed E-state index contributed by atoms with van der Waals surface area (Å²) in [6.07, 6.45) is 2.89. The minimum Gasteiger partial charge on any atom is -0.411 e. The number of ether oxygens (including phenoxy) is 1. The molecule has 0 saturated carbocycles. The van der Waals surface area contributed by atoms with Crippen LogP contribution in [0.2, 0.25) is 0 Å². The third-order valence-electron chi connectivity index (χ3n) is 1.12. The van der Waals surface area contributed by atoms with Crippen molar-refractivity contribution in [3.8, 4) is 0 Å². The average molecular weight is 173 g/mol. The normalized spacial score (nSPS) is 14.9. The molecule has 1 unspecified atom stereocenters. The molecule has 0 aliphatic rings. The maximum Gasteiger partial charge on any atom is 0.160 e. The Hall–Kier alpha value is -0.870. The Morgan fingerprint density at radius 3 is 2.58 bits per heavy atom. The third-order valence-corrected chi connectivity index (χ3v) is 1.12. The first-order valence-corrected chi connectivity index (χ1v) is 3.68. The van der Waals surface area contributed by atoms with Gasteiger partial charge in [-0.3, -0.25) is 0 Å². The summed E-state index contributed by atoms with van der Waals surface area (Å²) in [5.41, 5.74) is 0. The maximum atomic E-state index is 9.24. The van der Waals surface area contributed by atoms with E-state index in [0.29, 0.717) is 6.42 Å². The molecular formula is C8H15NO3. The molecule has 4 nitrogen and oxygen atoms in total. The molecule has 0 amide bonds. The van der Waals surface area contributed by atoms with Gasteiger partial charge in [0.2, 0.25) is 0 Å². The lowest BCUT2D eigenvalue weighted by Crippen LogP contribution is -2.29. The van der Waals surface area contributed by atoms with Crippen LogP contribution in [0.15, 0.2) is 17.8 Å². The van der Waals surface area contributed by atoms with E-state index in [4.69, 9.17) is 9.94 Å². The van der Waals surface area contributed by atoms with Crippen LogP contribution in [0.1, 0.15) is 20.3 Å². The van der Waals surface area contributed by atoms with Gasteiger partial charge in [-0.25, -0.2) is 0 Å². The maximum absolute atomic E-state index is 9.24. The van der Waals surface area contributed by atoms with E-state index >= 15 is 0 Å². The number of rotatable bonds is 5. The fourth-order valence-corrected chi connectivity index (χ4v) is 0.714. The minimum atomic E-state index is -1.19. The number of hydrogen-bond acceptors (Lipinski definition) is 4. The molecule has 0 heterocycles. The number of hydrogen-bond donors (Lipinski definition) is 2. The number of nitrogens with zero attached hydrogens (tertiary/aromatic N) is 1. The Balaban J connectivity index is 3.91. The zero-order valence-corrected chi connectivity index (χ0v) is 7.40. The van der Waals surface area contributed by atoms with Crippen molar-refractivity contribution in [2.75, 3.05) is 0 Å². The Morgan fingerprint density at radius 1 is 1.67 bits per heavy atom. The van der Waals surface area contributed by atoms with Gasteiger partial charge in [-0.05, 0) is 13.8 Å². The molecule has 0 aromatic heterocycles. The van der Waals surface area contributed by atoms with Gasteiger partial charge in [-0.1, -0.05) is 6.08 Å². The Morgan fingerprint density at radius 2 is 2.25 bits per heavy atom. The molecule has 70 valence electrons. The molecule has 4 heteroatoms. The van der Waals surface area contributed by atoms with Gasteiger partial charge >= 0.3 is 0 Å².